The zero-order valence-electron chi connectivity index (χ0n) is 32.2. The van der Waals surface area contributed by atoms with Crippen LogP contribution in [0.4, 0.5) is 0 Å². The summed E-state index contributed by atoms with van der Waals surface area (Å²) in [6, 6.07) is 4.63. The molecule has 4 fully saturated rings. The molecule has 0 N–H and O–H groups in total. The molecule has 2 aromatic heterocycles. The monoisotopic (exact) mass is 669 g/mol. The fraction of sp³-hybridized carbons (Fsp3) is 0.783. The third-order valence-corrected chi connectivity index (χ3v) is 14.3. The van der Waals surface area contributed by atoms with Crippen molar-refractivity contribution in [1.82, 2.24) is 9.97 Å². The van der Waals surface area contributed by atoms with Crippen molar-refractivity contribution in [2.75, 3.05) is 0 Å². The van der Waals surface area contributed by atoms with E-state index in [0.29, 0.717) is 0 Å². The van der Waals surface area contributed by atoms with Crippen LogP contribution in [0.25, 0.3) is 0 Å². The van der Waals surface area contributed by atoms with E-state index in [0.717, 1.165) is 84.5 Å². The Balaban J connectivity index is 1.01. The first-order chi connectivity index (χ1) is 24.0. The highest BCUT2D eigenvalue weighted by molar-refractivity contribution is 5.36. The van der Waals surface area contributed by atoms with E-state index < -0.39 is 0 Å². The summed E-state index contributed by atoms with van der Waals surface area (Å²) in [4.78, 5) is 9.86. The molecule has 6 rings (SSSR count). The van der Waals surface area contributed by atoms with Gasteiger partial charge in [-0.3, -0.25) is 9.97 Å². The van der Waals surface area contributed by atoms with Gasteiger partial charge >= 0.3 is 0 Å². The summed E-state index contributed by atoms with van der Waals surface area (Å²) in [6.07, 6.45) is 37.2. The quantitative estimate of drug-likeness (QED) is 0.201. The highest BCUT2D eigenvalue weighted by atomic mass is 16.5. The number of aromatic nitrogens is 2. The van der Waals surface area contributed by atoms with E-state index >= 15 is 0 Å². The molecule has 2 aromatic rings. The molecule has 4 aliphatic carbocycles. The summed E-state index contributed by atoms with van der Waals surface area (Å²) in [5, 5.41) is 0. The fourth-order valence-electron chi connectivity index (χ4n) is 11.3. The molecule has 0 saturated heterocycles. The van der Waals surface area contributed by atoms with Crippen LogP contribution in [0.2, 0.25) is 0 Å². The second kappa shape index (κ2) is 18.5. The molecule has 0 spiro atoms. The Labute approximate surface area is 301 Å². The molecule has 0 amide bonds. The molecule has 0 unspecified atom stereocenters. The van der Waals surface area contributed by atoms with Crippen LogP contribution in [0.1, 0.15) is 179 Å². The number of hydrogen-bond acceptors (Lipinski definition) is 3. The first-order valence-electron chi connectivity index (χ1n) is 21.7. The minimum Gasteiger partial charge on any atom is -0.454 e. The van der Waals surface area contributed by atoms with E-state index in [-0.39, 0.29) is 0 Å². The molecule has 2 heterocycles. The van der Waals surface area contributed by atoms with E-state index in [1.807, 2.05) is 12.4 Å². The van der Waals surface area contributed by atoms with Crippen LogP contribution in [0, 0.1) is 47.3 Å². The predicted octanol–water partition coefficient (Wildman–Crippen LogP) is 13.3. The maximum Gasteiger partial charge on any atom is 0.146 e. The van der Waals surface area contributed by atoms with Gasteiger partial charge in [-0.15, -0.1) is 0 Å². The minimum atomic E-state index is 0.790. The van der Waals surface area contributed by atoms with Gasteiger partial charge in [-0.05, 0) is 173 Å². The van der Waals surface area contributed by atoms with Crippen molar-refractivity contribution in [3.8, 4) is 11.5 Å². The Kier molecular flexibility index (Phi) is 14.0. The Bertz CT molecular complexity index is 1160. The molecule has 0 aromatic carbocycles. The molecule has 4 aliphatic rings. The van der Waals surface area contributed by atoms with Crippen LogP contribution >= 0.6 is 0 Å². The summed E-state index contributed by atoms with van der Waals surface area (Å²) in [6.45, 7) is 9.22. The van der Waals surface area contributed by atoms with Gasteiger partial charge in [-0.25, -0.2) is 0 Å². The zero-order chi connectivity index (χ0) is 34.0. The first kappa shape index (κ1) is 36.9. The maximum atomic E-state index is 6.56. The number of nitrogens with zero attached hydrogens (tertiary/aromatic N) is 2. The average Bonchev–Trinajstić information content (AvgIpc) is 3.14. The number of hydrogen-bond donors (Lipinski definition) is 0. The smallest absolute Gasteiger partial charge is 0.146 e. The second-order valence-electron chi connectivity index (χ2n) is 17.5. The van der Waals surface area contributed by atoms with Crippen LogP contribution in [-0.4, -0.2) is 9.97 Å². The molecule has 3 heteroatoms. The third kappa shape index (κ3) is 10.1. The fourth-order valence-corrected chi connectivity index (χ4v) is 11.3. The van der Waals surface area contributed by atoms with Crippen LogP contribution in [-0.2, 0) is 25.7 Å². The average molecular weight is 669 g/mol. The summed E-state index contributed by atoms with van der Waals surface area (Å²) in [7, 11) is 0. The Hall–Kier alpha value is -1.90. The van der Waals surface area contributed by atoms with E-state index in [4.69, 9.17) is 14.7 Å². The summed E-state index contributed by atoms with van der Waals surface area (Å²) >= 11 is 0. The highest BCUT2D eigenvalue weighted by Gasteiger charge is 2.32. The van der Waals surface area contributed by atoms with Crippen LogP contribution in [0.5, 0.6) is 11.5 Å². The molecule has 0 radical (unpaired) electrons. The largest absolute Gasteiger partial charge is 0.454 e. The Morgan fingerprint density at radius 3 is 1.10 bits per heavy atom. The maximum absolute atomic E-state index is 6.56. The van der Waals surface area contributed by atoms with Crippen molar-refractivity contribution < 1.29 is 4.74 Å². The molecule has 49 heavy (non-hydrogen) atoms. The third-order valence-electron chi connectivity index (χ3n) is 14.3. The highest BCUT2D eigenvalue weighted by Crippen LogP contribution is 2.44. The van der Waals surface area contributed by atoms with Crippen molar-refractivity contribution in [2.45, 2.75) is 182 Å². The molecule has 272 valence electrons. The first-order valence-corrected chi connectivity index (χ1v) is 21.7. The standard InChI is InChI=1S/C46H72N2O/c1-5-9-33-11-19-37(20-12-33)39-23-15-35(16-24-39)27-41-29-43(31-47-45(41)7-3)49-44-30-42(46(8-4)48-32-44)28-36-17-25-40(26-18-36)38-21-13-34(10-6-2)14-22-38/h29-40H,5-28H2,1-4H3. The van der Waals surface area contributed by atoms with Crippen molar-refractivity contribution in [3.63, 3.8) is 0 Å². The van der Waals surface area contributed by atoms with Gasteiger partial charge in [0.25, 0.3) is 0 Å². The van der Waals surface area contributed by atoms with Gasteiger partial charge in [0.15, 0.2) is 0 Å². The van der Waals surface area contributed by atoms with E-state index in [1.165, 1.54) is 151 Å². The van der Waals surface area contributed by atoms with Crippen molar-refractivity contribution >= 4 is 0 Å². The summed E-state index contributed by atoms with van der Waals surface area (Å²) in [5.41, 5.74) is 5.34. The molecule has 4 saturated carbocycles. The van der Waals surface area contributed by atoms with Gasteiger partial charge in [0.1, 0.15) is 11.5 Å². The lowest BCUT2D eigenvalue weighted by atomic mass is 9.68. The normalized spacial score (nSPS) is 31.0. The number of pyridine rings is 2. The molecule has 3 nitrogen and oxygen atoms in total. The van der Waals surface area contributed by atoms with Crippen molar-refractivity contribution in [2.24, 2.45) is 47.3 Å². The lowest BCUT2D eigenvalue weighted by Crippen LogP contribution is -2.26. The molecule has 0 atom stereocenters. The summed E-state index contributed by atoms with van der Waals surface area (Å²) in [5.74, 6) is 9.37. The topological polar surface area (TPSA) is 35.0 Å². The van der Waals surface area contributed by atoms with E-state index in [1.54, 1.807) is 0 Å². The molecule has 0 bridgehead atoms. The zero-order valence-corrected chi connectivity index (χ0v) is 32.2. The van der Waals surface area contributed by atoms with Gasteiger partial charge < -0.3 is 4.74 Å². The van der Waals surface area contributed by atoms with E-state index in [9.17, 15) is 0 Å². The molecular formula is C46H72N2O. The predicted molar refractivity (Wildman–Crippen MR) is 206 cm³/mol. The van der Waals surface area contributed by atoms with Gasteiger partial charge in [0.2, 0.25) is 0 Å². The minimum absolute atomic E-state index is 0.790. The molecule has 0 aliphatic heterocycles. The van der Waals surface area contributed by atoms with Crippen LogP contribution in [0.3, 0.4) is 0 Å². The number of aryl methyl sites for hydroxylation is 2. The number of ether oxygens (including phenoxy) is 1. The van der Waals surface area contributed by atoms with Crippen LogP contribution in [0.15, 0.2) is 24.5 Å². The Morgan fingerprint density at radius 2 is 0.796 bits per heavy atom. The van der Waals surface area contributed by atoms with Gasteiger partial charge in [-0.2, -0.15) is 0 Å². The van der Waals surface area contributed by atoms with Gasteiger partial charge in [0, 0.05) is 11.4 Å². The van der Waals surface area contributed by atoms with E-state index in [2.05, 4.69) is 39.8 Å². The van der Waals surface area contributed by atoms with Crippen molar-refractivity contribution in [3.05, 3.63) is 47.0 Å². The van der Waals surface area contributed by atoms with Crippen LogP contribution < -0.4 is 4.74 Å². The lowest BCUT2D eigenvalue weighted by Gasteiger charge is -2.38. The SMILES string of the molecule is CCCC1CCC(C2CCC(Cc3cc(Oc4cnc(CC)c(CC5CCC(C6CCC(CCC)CC6)CC5)c4)cnc3CC)CC2)CC1. The van der Waals surface area contributed by atoms with Gasteiger partial charge in [-0.1, -0.05) is 79.1 Å². The number of rotatable bonds is 14. The lowest BCUT2D eigenvalue weighted by molar-refractivity contribution is 0.143. The van der Waals surface area contributed by atoms with Gasteiger partial charge in [0.05, 0.1) is 12.4 Å². The summed E-state index contributed by atoms with van der Waals surface area (Å²) < 4.78 is 6.56. The Morgan fingerprint density at radius 1 is 0.469 bits per heavy atom. The molecular weight excluding hydrogens is 597 g/mol. The second-order valence-corrected chi connectivity index (χ2v) is 17.5. The van der Waals surface area contributed by atoms with Crippen molar-refractivity contribution in [1.29, 1.82) is 0 Å².